The average Bonchev–Trinajstić information content (AvgIpc) is 0.761. The molecule has 14 nitrogen and oxygen atoms in total. The molecule has 14 heteroatoms. The molecule has 21 rings (SSSR count). The van der Waals surface area contributed by atoms with Gasteiger partial charge in [0.15, 0.2) is 43.4 Å². The highest BCUT2D eigenvalue weighted by atomic mass is 15.0. The van der Waals surface area contributed by atoms with Gasteiger partial charge in [-0.3, -0.25) is 34.9 Å². The standard InChI is InChI=1S/3C20H23N2.3C19H21N2.C16H15N2/c1-14(2)11-16-12-18-19(21-13-16)9-10-22(4)20(18)17-8-6-5-7-15(17)3;1-14(2)11-17-12-19-16(13-21-17)9-10-22(4)20(19)18-8-6-5-7-15(18)3;1-14(2)13-16-9-10-18-19(21-16)11-12-22(4)20(18)17-8-6-5-7-15(17)3;1-13(2)15-11-17-18(20-12-15)9-10-21(4)19(17)16-8-6-5-7-14(16)3;1-13(2)18-11-17-15(12-20-18)9-10-21(4)19(17)16-8-6-5-7-14(16)3;1-13(2)17-10-9-16-18(20-17)11-12-21(4)19(16)15-8-6-5-7-14(15)3;1-12-5-3-4-6-14(12)16-15-7-9-17-11-13(15)8-10-18(16)2/h2*5-10,12-14H,11H2,1-4H3;5-12,14H,13H2,1-4H3;3*5-13H,1-4H3;3-11H,1-2H3/q7*+1. The highest BCUT2D eigenvalue weighted by molar-refractivity contribution is 5.98. The average molecular weight is 1940 g/mol. The Kier molecular flexibility index (Phi) is 34.5. The molecule has 0 aliphatic rings. The highest BCUT2D eigenvalue weighted by Gasteiger charge is 2.27. The molecule has 14 heterocycles. The van der Waals surface area contributed by atoms with Crippen LogP contribution in [0.15, 0.2) is 347 Å². The van der Waals surface area contributed by atoms with E-state index in [4.69, 9.17) is 9.97 Å². The summed E-state index contributed by atoms with van der Waals surface area (Å²) in [6.07, 6.45) is 29.6. The predicted molar refractivity (Wildman–Crippen MR) is 610 cm³/mol. The van der Waals surface area contributed by atoms with Crippen LogP contribution >= 0.6 is 0 Å². The lowest BCUT2D eigenvalue weighted by molar-refractivity contribution is -0.659. The predicted octanol–water partition coefficient (Wildman–Crippen LogP) is 28.2. The van der Waals surface area contributed by atoms with Gasteiger partial charge in [-0.1, -0.05) is 210 Å². The molecule has 0 unspecified atom stereocenters. The monoisotopic (exact) mass is 1940 g/mol. The zero-order valence-corrected chi connectivity index (χ0v) is 91.3. The maximum atomic E-state index is 4.86. The van der Waals surface area contributed by atoms with Crippen LogP contribution < -0.4 is 32.0 Å². The molecule has 0 radical (unpaired) electrons. The number of benzene rings is 7. The summed E-state index contributed by atoms with van der Waals surface area (Å²) in [5, 5.41) is 12.2. The molecule has 742 valence electrons. The lowest BCUT2D eigenvalue weighted by atomic mass is 9.98. The second-order valence-corrected chi connectivity index (χ2v) is 41.7. The van der Waals surface area contributed by atoms with Gasteiger partial charge in [-0.15, -0.1) is 0 Å². The number of hydrogen-bond donors (Lipinski definition) is 0. The minimum atomic E-state index is 0.435. The number of aromatic nitrogens is 14. The van der Waals surface area contributed by atoms with Crippen LogP contribution in [-0.4, -0.2) is 34.9 Å². The van der Waals surface area contributed by atoms with Gasteiger partial charge in [0.05, 0.1) is 59.8 Å². The van der Waals surface area contributed by atoms with Crippen LogP contribution in [0.5, 0.6) is 0 Å². The second kappa shape index (κ2) is 48.0. The maximum Gasteiger partial charge on any atom is 0.222 e. The van der Waals surface area contributed by atoms with Gasteiger partial charge in [0.2, 0.25) is 39.9 Å². The van der Waals surface area contributed by atoms with Gasteiger partial charge in [0.1, 0.15) is 49.3 Å². The third kappa shape index (κ3) is 25.0. The third-order valence-corrected chi connectivity index (χ3v) is 27.7. The van der Waals surface area contributed by atoms with Crippen LogP contribution in [0.3, 0.4) is 0 Å². The van der Waals surface area contributed by atoms with E-state index in [2.05, 4.69) is 548 Å². The van der Waals surface area contributed by atoms with E-state index in [0.29, 0.717) is 35.5 Å². The fourth-order valence-corrected chi connectivity index (χ4v) is 19.7. The van der Waals surface area contributed by atoms with Crippen LogP contribution in [0.2, 0.25) is 0 Å². The summed E-state index contributed by atoms with van der Waals surface area (Å²) in [5.41, 5.74) is 38.2. The molecule has 0 amide bonds. The van der Waals surface area contributed by atoms with Gasteiger partial charge in [-0.05, 0) is 250 Å². The number of pyridine rings is 14. The van der Waals surface area contributed by atoms with E-state index in [0.717, 1.165) is 52.7 Å². The van der Waals surface area contributed by atoms with E-state index in [1.807, 2.05) is 37.2 Å². The van der Waals surface area contributed by atoms with E-state index in [1.54, 1.807) is 0 Å². The van der Waals surface area contributed by atoms with E-state index in [1.165, 1.54) is 194 Å². The Hall–Kier alpha value is -15.5. The molecule has 0 spiro atoms. The van der Waals surface area contributed by atoms with Gasteiger partial charge in [-0.2, -0.15) is 0 Å². The molecule has 0 atom stereocenters. The Morgan fingerprint density at radius 2 is 0.544 bits per heavy atom. The molecule has 0 aliphatic heterocycles. The molecule has 0 aliphatic carbocycles. The first kappa shape index (κ1) is 106. The van der Waals surface area contributed by atoms with Gasteiger partial charge in [0.25, 0.3) is 0 Å². The number of aryl methyl sites for hydroxylation is 14. The third-order valence-electron chi connectivity index (χ3n) is 27.7. The quantitative estimate of drug-likeness (QED) is 0.0884. The summed E-state index contributed by atoms with van der Waals surface area (Å²) in [5.74, 6) is 3.25. The molecule has 0 fully saturated rings. The van der Waals surface area contributed by atoms with E-state index >= 15 is 0 Å². The first-order valence-electron chi connectivity index (χ1n) is 52.0. The van der Waals surface area contributed by atoms with Crippen molar-refractivity contribution in [3.8, 4) is 78.8 Å². The normalized spacial score (nSPS) is 11.2. The van der Waals surface area contributed by atoms with Crippen molar-refractivity contribution in [1.29, 1.82) is 0 Å². The molecule has 14 aromatic heterocycles. The van der Waals surface area contributed by atoms with E-state index in [9.17, 15) is 0 Å². The Morgan fingerprint density at radius 1 is 0.224 bits per heavy atom. The Balaban J connectivity index is 0.000000129. The van der Waals surface area contributed by atoms with Crippen LogP contribution in [0, 0.1) is 66.2 Å². The highest BCUT2D eigenvalue weighted by Crippen LogP contribution is 2.37. The van der Waals surface area contributed by atoms with Crippen molar-refractivity contribution in [3.63, 3.8) is 0 Å². The summed E-state index contributed by atoms with van der Waals surface area (Å²) in [7, 11) is 14.7. The molecule has 21 aromatic rings. The van der Waals surface area contributed by atoms with Gasteiger partial charge in [0, 0.05) is 158 Å². The fourth-order valence-electron chi connectivity index (χ4n) is 19.7. The minimum absolute atomic E-state index is 0.435. The molecular formula is C133H147N14+7. The molecule has 0 saturated carbocycles. The minimum Gasteiger partial charge on any atom is -0.264 e. The smallest absolute Gasteiger partial charge is 0.222 e. The Bertz CT molecular complexity index is 8020. The number of nitrogens with zero attached hydrogens (tertiary/aromatic N) is 14. The van der Waals surface area contributed by atoms with Gasteiger partial charge >= 0.3 is 0 Å². The molecular weight excluding hydrogens is 1790 g/mol. The number of rotatable bonds is 16. The van der Waals surface area contributed by atoms with Crippen LogP contribution in [0.1, 0.15) is 174 Å². The molecule has 0 saturated heterocycles. The maximum absolute atomic E-state index is 4.86. The van der Waals surface area contributed by atoms with Crippen LogP contribution in [0.25, 0.3) is 155 Å². The van der Waals surface area contributed by atoms with Crippen LogP contribution in [0.4, 0.5) is 0 Å². The lowest BCUT2D eigenvalue weighted by Gasteiger charge is -2.10. The van der Waals surface area contributed by atoms with Crippen molar-refractivity contribution >= 4 is 75.9 Å². The summed E-state index contributed by atoms with van der Waals surface area (Å²) >= 11 is 0. The fraction of sp³-hybridized carbons (Fsp3) is 0.263. The van der Waals surface area contributed by atoms with Crippen molar-refractivity contribution in [2.75, 3.05) is 0 Å². The topological polar surface area (TPSA) is 117 Å². The largest absolute Gasteiger partial charge is 0.264 e. The molecule has 0 bridgehead atoms. The van der Waals surface area contributed by atoms with Crippen molar-refractivity contribution in [3.05, 3.63) is 420 Å². The summed E-state index contributed by atoms with van der Waals surface area (Å²) < 4.78 is 15.3. The number of hydrogen-bond acceptors (Lipinski definition) is 7. The van der Waals surface area contributed by atoms with E-state index in [-0.39, 0.29) is 0 Å². The zero-order valence-electron chi connectivity index (χ0n) is 91.3. The lowest BCUT2D eigenvalue weighted by Crippen LogP contribution is -2.30. The molecule has 0 N–H and O–H groups in total. The van der Waals surface area contributed by atoms with Gasteiger partial charge < -0.3 is 0 Å². The van der Waals surface area contributed by atoms with Crippen LogP contribution in [-0.2, 0) is 68.6 Å². The van der Waals surface area contributed by atoms with Crippen molar-refractivity contribution < 1.29 is 32.0 Å². The molecule has 7 aromatic carbocycles. The zero-order chi connectivity index (χ0) is 105. The molecule has 147 heavy (non-hydrogen) atoms. The Morgan fingerprint density at radius 3 is 0.932 bits per heavy atom. The van der Waals surface area contributed by atoms with Crippen molar-refractivity contribution in [1.82, 2.24) is 34.9 Å². The van der Waals surface area contributed by atoms with Crippen molar-refractivity contribution in [2.24, 2.45) is 67.1 Å². The Labute approximate surface area is 871 Å². The van der Waals surface area contributed by atoms with E-state index < -0.39 is 0 Å². The first-order valence-corrected chi connectivity index (χ1v) is 52.0. The summed E-state index contributed by atoms with van der Waals surface area (Å²) in [6.45, 7) is 41.7. The van der Waals surface area contributed by atoms with Crippen molar-refractivity contribution in [2.45, 2.75) is 169 Å². The van der Waals surface area contributed by atoms with Gasteiger partial charge in [-0.25, -0.2) is 32.0 Å². The SMILES string of the molecule is Cc1ccccc1-c1c2cc(C(C)C)cnc2cc[n+]1C.Cc1ccccc1-c1c2cc(C(C)C)ncc2cc[n+]1C.Cc1ccccc1-c1c2cc(CC(C)C)cnc2cc[n+]1C.Cc1ccccc1-c1c2cc(CC(C)C)ncc2cc[n+]1C.Cc1ccccc1-c1c2ccc(C(C)C)nc2cc[n+]1C.Cc1ccccc1-c1c2ccc(CC(C)C)nc2cc[n+]1C.Cc1ccccc1-c1c2ccncc2cc[n+]1C. The second-order valence-electron chi connectivity index (χ2n) is 41.7. The summed E-state index contributed by atoms with van der Waals surface area (Å²) in [4.78, 5) is 32.4. The number of fused-ring (bicyclic) bond motifs is 7. The first-order chi connectivity index (χ1) is 70.7. The summed E-state index contributed by atoms with van der Waals surface area (Å²) in [6, 6.07) is 94.4.